The van der Waals surface area contributed by atoms with Crippen molar-refractivity contribution in [2.75, 3.05) is 13.1 Å². The van der Waals surface area contributed by atoms with E-state index in [-0.39, 0.29) is 0 Å². The summed E-state index contributed by atoms with van der Waals surface area (Å²) in [7, 11) is 0. The van der Waals surface area contributed by atoms with Crippen molar-refractivity contribution in [3.8, 4) is 0 Å². The van der Waals surface area contributed by atoms with Gasteiger partial charge in [0.05, 0.1) is 12.2 Å². The van der Waals surface area contributed by atoms with Crippen LogP contribution in [-0.4, -0.2) is 28.4 Å². The lowest BCUT2D eigenvalue weighted by atomic mass is 10.4. The summed E-state index contributed by atoms with van der Waals surface area (Å²) in [5.74, 6) is 0.875. The summed E-state index contributed by atoms with van der Waals surface area (Å²) in [5.41, 5.74) is 1.96. The molecular weight excluding hydrogens is 294 g/mol. The molecule has 0 saturated carbocycles. The Labute approximate surface area is 113 Å². The molecule has 5 nitrogen and oxygen atoms in total. The van der Waals surface area contributed by atoms with Gasteiger partial charge in [-0.15, -0.1) is 0 Å². The fourth-order valence-electron chi connectivity index (χ4n) is 1.93. The van der Waals surface area contributed by atoms with Crippen molar-refractivity contribution in [2.24, 2.45) is 4.99 Å². The zero-order valence-corrected chi connectivity index (χ0v) is 11.4. The van der Waals surface area contributed by atoms with Crippen molar-refractivity contribution in [1.29, 1.82) is 0 Å². The standard InChI is InChI=1S/C12H14BrN5/c13-9-2-3-11-17-10(8-18(11)7-9)6-16-12-14-4-1-5-15-12/h2-3,7-8H,1,4-6H2,(H2,14,15,16). The average Bonchev–Trinajstić information content (AvgIpc) is 2.79. The van der Waals surface area contributed by atoms with Gasteiger partial charge in [-0.25, -0.2) is 4.98 Å². The minimum Gasteiger partial charge on any atom is -0.356 e. The second kappa shape index (κ2) is 4.97. The van der Waals surface area contributed by atoms with Gasteiger partial charge in [0.2, 0.25) is 0 Å². The molecule has 2 N–H and O–H groups in total. The predicted octanol–water partition coefficient (Wildman–Crippen LogP) is 1.54. The Kier molecular flexibility index (Phi) is 3.19. The zero-order chi connectivity index (χ0) is 12.4. The number of guanidine groups is 1. The first kappa shape index (κ1) is 11.5. The van der Waals surface area contributed by atoms with Crippen LogP contribution < -0.4 is 10.6 Å². The smallest absolute Gasteiger partial charge is 0.191 e. The van der Waals surface area contributed by atoms with E-state index in [1.54, 1.807) is 0 Å². The molecule has 0 atom stereocenters. The first-order chi connectivity index (χ1) is 8.81. The largest absolute Gasteiger partial charge is 0.356 e. The van der Waals surface area contributed by atoms with Crippen molar-refractivity contribution >= 4 is 27.5 Å². The molecule has 3 heterocycles. The Morgan fingerprint density at radius 3 is 3.17 bits per heavy atom. The third kappa shape index (κ3) is 2.48. The first-order valence-electron chi connectivity index (χ1n) is 5.96. The molecule has 18 heavy (non-hydrogen) atoms. The molecule has 6 heteroatoms. The molecule has 0 unspecified atom stereocenters. The van der Waals surface area contributed by atoms with E-state index in [0.717, 1.165) is 41.3 Å². The Hall–Kier alpha value is -1.56. The van der Waals surface area contributed by atoms with Crippen LogP contribution in [0.15, 0.2) is 34.0 Å². The highest BCUT2D eigenvalue weighted by atomic mass is 79.9. The van der Waals surface area contributed by atoms with Crippen molar-refractivity contribution in [3.05, 3.63) is 34.7 Å². The Morgan fingerprint density at radius 1 is 1.39 bits per heavy atom. The van der Waals surface area contributed by atoms with Gasteiger partial charge in [0, 0.05) is 30.0 Å². The summed E-state index contributed by atoms with van der Waals surface area (Å²) >= 11 is 3.45. The number of pyridine rings is 1. The number of hydrogen-bond acceptors (Lipinski definition) is 4. The van der Waals surface area contributed by atoms with Crippen LogP contribution >= 0.6 is 15.9 Å². The average molecular weight is 308 g/mol. The second-order valence-corrected chi connectivity index (χ2v) is 5.12. The molecule has 0 spiro atoms. The molecule has 0 aromatic carbocycles. The van der Waals surface area contributed by atoms with Crippen LogP contribution in [0.1, 0.15) is 12.1 Å². The Balaban J connectivity index is 1.72. The van der Waals surface area contributed by atoms with E-state index in [1.165, 1.54) is 0 Å². The molecule has 1 aliphatic rings. The summed E-state index contributed by atoms with van der Waals surface area (Å²) in [5, 5.41) is 6.49. The molecule has 3 rings (SSSR count). The highest BCUT2D eigenvalue weighted by molar-refractivity contribution is 9.10. The van der Waals surface area contributed by atoms with Crippen LogP contribution in [0.3, 0.4) is 0 Å². The molecule has 0 saturated heterocycles. The number of halogens is 1. The van der Waals surface area contributed by atoms with Gasteiger partial charge in [0.1, 0.15) is 5.65 Å². The van der Waals surface area contributed by atoms with E-state index in [2.05, 4.69) is 36.5 Å². The maximum Gasteiger partial charge on any atom is 0.191 e. The molecule has 0 amide bonds. The highest BCUT2D eigenvalue weighted by Crippen LogP contribution is 2.12. The quantitative estimate of drug-likeness (QED) is 0.885. The molecule has 0 radical (unpaired) electrons. The topological polar surface area (TPSA) is 53.7 Å². The Morgan fingerprint density at radius 2 is 2.33 bits per heavy atom. The lowest BCUT2D eigenvalue weighted by molar-refractivity contribution is 0.699. The van der Waals surface area contributed by atoms with Crippen molar-refractivity contribution < 1.29 is 0 Å². The molecule has 0 aliphatic carbocycles. The van der Waals surface area contributed by atoms with Gasteiger partial charge in [0.25, 0.3) is 0 Å². The van der Waals surface area contributed by atoms with Gasteiger partial charge in [-0.2, -0.15) is 0 Å². The monoisotopic (exact) mass is 307 g/mol. The van der Waals surface area contributed by atoms with Crippen LogP contribution in [-0.2, 0) is 6.54 Å². The molecule has 1 aliphatic heterocycles. The van der Waals surface area contributed by atoms with Gasteiger partial charge in [-0.1, -0.05) is 0 Å². The van der Waals surface area contributed by atoms with E-state index >= 15 is 0 Å². The molecular formula is C12H14BrN5. The minimum absolute atomic E-state index is 0.686. The number of aliphatic imine (C=N–C) groups is 1. The number of aromatic nitrogens is 2. The summed E-state index contributed by atoms with van der Waals surface area (Å²) in [6, 6.07) is 3.98. The summed E-state index contributed by atoms with van der Waals surface area (Å²) in [6.45, 7) is 2.57. The van der Waals surface area contributed by atoms with Gasteiger partial charge in [-0.05, 0) is 34.5 Å². The summed E-state index contributed by atoms with van der Waals surface area (Å²) < 4.78 is 3.06. The van der Waals surface area contributed by atoms with Crippen LogP contribution in [0.4, 0.5) is 0 Å². The third-order valence-electron chi connectivity index (χ3n) is 2.80. The van der Waals surface area contributed by atoms with Gasteiger partial charge in [0.15, 0.2) is 5.96 Å². The number of imidazole rings is 1. The van der Waals surface area contributed by atoms with Crippen molar-refractivity contribution in [3.63, 3.8) is 0 Å². The fourth-order valence-corrected chi connectivity index (χ4v) is 2.28. The molecule has 2 aromatic rings. The number of nitrogens with one attached hydrogen (secondary N) is 2. The number of hydrogen-bond donors (Lipinski definition) is 2. The van der Waals surface area contributed by atoms with E-state index < -0.39 is 0 Å². The molecule has 0 bridgehead atoms. The fraction of sp³-hybridized carbons (Fsp3) is 0.333. The van der Waals surface area contributed by atoms with E-state index in [9.17, 15) is 0 Å². The third-order valence-corrected chi connectivity index (χ3v) is 3.27. The number of rotatable bonds is 2. The molecule has 2 aromatic heterocycles. The van der Waals surface area contributed by atoms with Crippen molar-refractivity contribution in [2.45, 2.75) is 13.0 Å². The second-order valence-electron chi connectivity index (χ2n) is 4.21. The highest BCUT2D eigenvalue weighted by Gasteiger charge is 2.05. The van der Waals surface area contributed by atoms with Crippen molar-refractivity contribution in [1.82, 2.24) is 20.0 Å². The van der Waals surface area contributed by atoms with Crippen LogP contribution in [0, 0.1) is 0 Å². The zero-order valence-electron chi connectivity index (χ0n) is 9.86. The lowest BCUT2D eigenvalue weighted by Gasteiger charge is -2.15. The van der Waals surface area contributed by atoms with E-state index in [1.807, 2.05) is 28.9 Å². The Bertz CT molecular complexity index is 589. The number of nitrogens with zero attached hydrogens (tertiary/aromatic N) is 3. The van der Waals surface area contributed by atoms with Crippen LogP contribution in [0.2, 0.25) is 0 Å². The van der Waals surface area contributed by atoms with Crippen LogP contribution in [0.5, 0.6) is 0 Å². The molecule has 94 valence electrons. The normalized spacial score (nSPS) is 15.3. The van der Waals surface area contributed by atoms with Gasteiger partial charge in [-0.3, -0.25) is 4.99 Å². The SMILES string of the molecule is Brc1ccc2nc(CNC3=NCCCN3)cn2c1. The van der Waals surface area contributed by atoms with E-state index in [0.29, 0.717) is 6.54 Å². The maximum atomic E-state index is 4.54. The number of fused-ring (bicyclic) bond motifs is 1. The van der Waals surface area contributed by atoms with Crippen LogP contribution in [0.25, 0.3) is 5.65 Å². The molecule has 0 fully saturated rings. The maximum absolute atomic E-state index is 4.54. The first-order valence-corrected chi connectivity index (χ1v) is 6.76. The summed E-state index contributed by atoms with van der Waals surface area (Å²) in [6.07, 6.45) is 5.13. The predicted molar refractivity (Wildman–Crippen MR) is 74.7 cm³/mol. The van der Waals surface area contributed by atoms with E-state index in [4.69, 9.17) is 0 Å². The lowest BCUT2D eigenvalue weighted by Crippen LogP contribution is -2.40. The summed E-state index contributed by atoms with van der Waals surface area (Å²) in [4.78, 5) is 8.90. The van der Waals surface area contributed by atoms with Gasteiger partial charge < -0.3 is 15.0 Å². The minimum atomic E-state index is 0.686. The van der Waals surface area contributed by atoms with Gasteiger partial charge >= 0.3 is 0 Å².